The van der Waals surface area contributed by atoms with E-state index in [2.05, 4.69) is 4.72 Å². The second-order valence-corrected chi connectivity index (χ2v) is 8.33. The third-order valence-corrected chi connectivity index (χ3v) is 5.42. The van der Waals surface area contributed by atoms with Crippen molar-refractivity contribution in [1.29, 1.82) is 0 Å². The number of nitrogens with one attached hydrogen (secondary N) is 1. The molecule has 0 saturated heterocycles. The second kappa shape index (κ2) is 6.59. The molecule has 0 aromatic heterocycles. The highest BCUT2D eigenvalue weighted by Gasteiger charge is 2.24. The van der Waals surface area contributed by atoms with Gasteiger partial charge >= 0.3 is 0 Å². The minimum atomic E-state index is -3.69. The van der Waals surface area contributed by atoms with Gasteiger partial charge in [0.15, 0.2) is 0 Å². The van der Waals surface area contributed by atoms with Crippen LogP contribution in [0.25, 0.3) is 0 Å². The van der Waals surface area contributed by atoms with Gasteiger partial charge in [0.1, 0.15) is 5.82 Å². The van der Waals surface area contributed by atoms with Gasteiger partial charge < -0.3 is 0 Å². The van der Waals surface area contributed by atoms with Crippen molar-refractivity contribution >= 4 is 21.6 Å². The summed E-state index contributed by atoms with van der Waals surface area (Å²) >= 11 is 5.88. The van der Waals surface area contributed by atoms with Gasteiger partial charge in [-0.2, -0.15) is 0 Å². The second-order valence-electron chi connectivity index (χ2n) is 6.13. The maximum Gasteiger partial charge on any atom is 0.240 e. The Labute approximate surface area is 141 Å². The van der Waals surface area contributed by atoms with Crippen molar-refractivity contribution in [2.45, 2.75) is 31.1 Å². The maximum atomic E-state index is 13.3. The largest absolute Gasteiger partial charge is 0.240 e. The molecule has 0 aliphatic heterocycles. The Morgan fingerprint density at radius 3 is 2.30 bits per heavy atom. The lowest BCUT2D eigenvalue weighted by Crippen LogP contribution is -2.36. The first-order valence-electron chi connectivity index (χ1n) is 7.14. The average Bonchev–Trinajstić information content (AvgIpc) is 2.48. The van der Waals surface area contributed by atoms with Crippen molar-refractivity contribution in [3.8, 4) is 0 Å². The minimum absolute atomic E-state index is 0.0586. The first kappa shape index (κ1) is 17.9. The quantitative estimate of drug-likeness (QED) is 0.879. The highest BCUT2D eigenvalue weighted by atomic mass is 35.5. The Bertz CT molecular complexity index is 802. The smallest absolute Gasteiger partial charge is 0.210 e. The molecule has 1 N–H and O–H groups in total. The lowest BCUT2D eigenvalue weighted by Gasteiger charge is -2.25. The van der Waals surface area contributed by atoms with Gasteiger partial charge in [0.2, 0.25) is 10.0 Å². The summed E-state index contributed by atoms with van der Waals surface area (Å²) in [6, 6.07) is 11.0. The summed E-state index contributed by atoms with van der Waals surface area (Å²) < 4.78 is 40.6. The standard InChI is InChI=1S/C17H19ClFNO2S/c1-12-10-15(8-9-16(12)19)23(21,22)20-11-17(2,3)13-4-6-14(18)7-5-13/h4-10,20H,11H2,1-3H3. The van der Waals surface area contributed by atoms with E-state index in [1.165, 1.54) is 19.1 Å². The van der Waals surface area contributed by atoms with Gasteiger partial charge in [0.25, 0.3) is 0 Å². The molecular weight excluding hydrogens is 337 g/mol. The Balaban J connectivity index is 2.17. The van der Waals surface area contributed by atoms with Crippen LogP contribution < -0.4 is 4.72 Å². The summed E-state index contributed by atoms with van der Waals surface area (Å²) in [6.45, 7) is 5.63. The van der Waals surface area contributed by atoms with Gasteiger partial charge in [0.05, 0.1) is 4.90 Å². The molecule has 124 valence electrons. The lowest BCUT2D eigenvalue weighted by atomic mass is 9.85. The number of halogens is 2. The molecule has 0 bridgehead atoms. The number of rotatable bonds is 5. The molecule has 2 aromatic carbocycles. The summed E-state index contributed by atoms with van der Waals surface area (Å²) in [5.41, 5.74) is 0.858. The molecule has 0 spiro atoms. The monoisotopic (exact) mass is 355 g/mol. The Morgan fingerprint density at radius 2 is 1.74 bits per heavy atom. The number of sulfonamides is 1. The molecule has 2 aromatic rings. The van der Waals surface area contributed by atoms with Crippen molar-refractivity contribution in [2.75, 3.05) is 6.54 Å². The molecule has 6 heteroatoms. The molecule has 2 rings (SSSR count). The van der Waals surface area contributed by atoms with E-state index < -0.39 is 21.3 Å². The molecule has 0 aliphatic rings. The number of hydrogen-bond acceptors (Lipinski definition) is 2. The Hall–Kier alpha value is -1.43. The summed E-state index contributed by atoms with van der Waals surface area (Å²) in [6.07, 6.45) is 0. The molecular formula is C17H19ClFNO2S. The topological polar surface area (TPSA) is 46.2 Å². The number of benzene rings is 2. The lowest BCUT2D eigenvalue weighted by molar-refractivity contribution is 0.501. The van der Waals surface area contributed by atoms with Crippen molar-refractivity contribution < 1.29 is 12.8 Å². The van der Waals surface area contributed by atoms with E-state index in [0.717, 1.165) is 11.6 Å². The molecule has 0 fully saturated rings. The molecule has 0 amide bonds. The van der Waals surface area contributed by atoms with Crippen LogP contribution in [0.1, 0.15) is 25.0 Å². The van der Waals surface area contributed by atoms with Crippen LogP contribution in [0.15, 0.2) is 47.4 Å². The van der Waals surface area contributed by atoms with Crippen molar-refractivity contribution in [1.82, 2.24) is 4.72 Å². The van der Waals surface area contributed by atoms with Crippen LogP contribution in [0.3, 0.4) is 0 Å². The van der Waals surface area contributed by atoms with Crippen LogP contribution in [0.4, 0.5) is 4.39 Å². The van der Waals surface area contributed by atoms with Gasteiger partial charge in [0, 0.05) is 17.0 Å². The van der Waals surface area contributed by atoms with Crippen LogP contribution in [-0.2, 0) is 15.4 Å². The van der Waals surface area contributed by atoms with E-state index in [9.17, 15) is 12.8 Å². The Kier molecular flexibility index (Phi) is 5.14. The van der Waals surface area contributed by atoms with Gasteiger partial charge in [-0.05, 0) is 48.4 Å². The fourth-order valence-electron chi connectivity index (χ4n) is 2.15. The van der Waals surface area contributed by atoms with Crippen molar-refractivity contribution in [2.24, 2.45) is 0 Å². The highest BCUT2D eigenvalue weighted by molar-refractivity contribution is 7.89. The molecule has 0 radical (unpaired) electrons. The third kappa shape index (κ3) is 4.31. The van der Waals surface area contributed by atoms with E-state index in [4.69, 9.17) is 11.6 Å². The zero-order valence-corrected chi connectivity index (χ0v) is 14.8. The summed E-state index contributed by atoms with van der Waals surface area (Å²) in [5, 5.41) is 0.631. The zero-order valence-electron chi connectivity index (χ0n) is 13.2. The zero-order chi connectivity index (χ0) is 17.3. The van der Waals surface area contributed by atoms with Gasteiger partial charge in [-0.1, -0.05) is 37.6 Å². The molecule has 3 nitrogen and oxygen atoms in total. The molecule has 0 heterocycles. The summed E-state index contributed by atoms with van der Waals surface area (Å²) in [4.78, 5) is 0.0586. The first-order chi connectivity index (χ1) is 10.6. The van der Waals surface area contributed by atoms with Crippen molar-refractivity contribution in [3.05, 3.63) is 64.4 Å². The number of hydrogen-bond donors (Lipinski definition) is 1. The molecule has 23 heavy (non-hydrogen) atoms. The SMILES string of the molecule is Cc1cc(S(=O)(=O)NCC(C)(C)c2ccc(Cl)cc2)ccc1F. The number of aryl methyl sites for hydroxylation is 1. The van der Waals surface area contributed by atoms with Crippen LogP contribution in [0, 0.1) is 12.7 Å². The van der Waals surface area contributed by atoms with E-state index >= 15 is 0 Å². The molecule has 0 unspecified atom stereocenters. The first-order valence-corrected chi connectivity index (χ1v) is 9.00. The van der Waals surface area contributed by atoms with E-state index in [0.29, 0.717) is 10.6 Å². The van der Waals surface area contributed by atoms with Gasteiger partial charge in [-0.3, -0.25) is 0 Å². The highest BCUT2D eigenvalue weighted by Crippen LogP contribution is 2.24. The van der Waals surface area contributed by atoms with Gasteiger partial charge in [-0.15, -0.1) is 0 Å². The van der Waals surface area contributed by atoms with Crippen LogP contribution >= 0.6 is 11.6 Å². The van der Waals surface area contributed by atoms with Crippen LogP contribution in [0.2, 0.25) is 5.02 Å². The average molecular weight is 356 g/mol. The van der Waals surface area contributed by atoms with E-state index in [1.807, 2.05) is 26.0 Å². The molecule has 0 saturated carbocycles. The van der Waals surface area contributed by atoms with Gasteiger partial charge in [-0.25, -0.2) is 17.5 Å². The molecule has 0 atom stereocenters. The van der Waals surface area contributed by atoms with Crippen molar-refractivity contribution in [3.63, 3.8) is 0 Å². The van der Waals surface area contributed by atoms with Crippen LogP contribution in [-0.4, -0.2) is 15.0 Å². The van der Waals surface area contributed by atoms with Crippen LogP contribution in [0.5, 0.6) is 0 Å². The fraction of sp³-hybridized carbons (Fsp3) is 0.294. The fourth-order valence-corrected chi connectivity index (χ4v) is 3.57. The molecule has 0 aliphatic carbocycles. The summed E-state index contributed by atoms with van der Waals surface area (Å²) in [7, 11) is -3.69. The normalized spacial score (nSPS) is 12.4. The predicted molar refractivity (Wildman–Crippen MR) is 90.8 cm³/mol. The van der Waals surface area contributed by atoms with E-state index in [1.54, 1.807) is 12.1 Å². The minimum Gasteiger partial charge on any atom is -0.210 e. The Morgan fingerprint density at radius 1 is 1.13 bits per heavy atom. The summed E-state index contributed by atoms with van der Waals surface area (Å²) in [5.74, 6) is -0.426. The third-order valence-electron chi connectivity index (χ3n) is 3.77. The maximum absolute atomic E-state index is 13.3. The van der Waals surface area contributed by atoms with E-state index in [-0.39, 0.29) is 11.4 Å². The predicted octanol–water partition coefficient (Wildman–Crippen LogP) is 4.04.